The van der Waals surface area contributed by atoms with E-state index in [4.69, 9.17) is 23.2 Å². The molecule has 19 heavy (non-hydrogen) atoms. The van der Waals surface area contributed by atoms with Crippen LogP contribution in [0.2, 0.25) is 10.0 Å². The van der Waals surface area contributed by atoms with Crippen LogP contribution in [-0.2, 0) is 0 Å². The minimum atomic E-state index is -0.578. The Morgan fingerprint density at radius 2 is 1.89 bits per heavy atom. The molecule has 0 bridgehead atoms. The molecule has 0 aliphatic carbocycles. The minimum absolute atomic E-state index is 0.0130. The van der Waals surface area contributed by atoms with Crippen LogP contribution < -0.4 is 5.32 Å². The Bertz CT molecular complexity index is 649. The van der Waals surface area contributed by atoms with E-state index in [-0.39, 0.29) is 10.9 Å². The summed E-state index contributed by atoms with van der Waals surface area (Å²) in [7, 11) is 0. The molecule has 0 saturated heterocycles. The first kappa shape index (κ1) is 14.6. The van der Waals surface area contributed by atoms with Crippen molar-refractivity contribution in [3.63, 3.8) is 0 Å². The SMILES string of the molecule is O=C(Nc1ccc(Cl)c(F)c1)c1ccc(Cl)cc1I. The van der Waals surface area contributed by atoms with Gasteiger partial charge < -0.3 is 5.32 Å². The van der Waals surface area contributed by atoms with Gasteiger partial charge in [-0.2, -0.15) is 0 Å². The van der Waals surface area contributed by atoms with Crippen molar-refractivity contribution in [1.82, 2.24) is 0 Å². The standard InChI is InChI=1S/C13H7Cl2FINO/c14-7-1-3-9(12(17)5-7)13(19)18-8-2-4-10(15)11(16)6-8/h1-6H,(H,18,19). The third-order valence-corrected chi connectivity index (χ3v) is 3.79. The molecule has 0 atom stereocenters. The van der Waals surface area contributed by atoms with Crippen LogP contribution in [0.5, 0.6) is 0 Å². The zero-order valence-corrected chi connectivity index (χ0v) is 13.1. The van der Waals surface area contributed by atoms with E-state index in [2.05, 4.69) is 5.32 Å². The summed E-state index contributed by atoms with van der Waals surface area (Å²) in [6.07, 6.45) is 0. The molecule has 0 aliphatic rings. The van der Waals surface area contributed by atoms with Gasteiger partial charge in [-0.1, -0.05) is 23.2 Å². The normalized spacial score (nSPS) is 10.3. The van der Waals surface area contributed by atoms with Crippen LogP contribution in [0.1, 0.15) is 10.4 Å². The molecule has 0 heterocycles. The number of benzene rings is 2. The Morgan fingerprint density at radius 1 is 1.16 bits per heavy atom. The molecule has 1 N–H and O–H groups in total. The summed E-state index contributed by atoms with van der Waals surface area (Å²) in [5, 5.41) is 3.17. The maximum Gasteiger partial charge on any atom is 0.256 e. The van der Waals surface area contributed by atoms with Crippen molar-refractivity contribution >= 4 is 57.4 Å². The highest BCUT2D eigenvalue weighted by molar-refractivity contribution is 14.1. The third-order valence-electron chi connectivity index (χ3n) is 2.35. The number of anilines is 1. The van der Waals surface area contributed by atoms with Crippen LogP contribution in [0, 0.1) is 9.39 Å². The summed E-state index contributed by atoms with van der Waals surface area (Å²) in [4.78, 5) is 12.0. The molecule has 6 heteroatoms. The molecule has 0 saturated carbocycles. The molecule has 0 aliphatic heterocycles. The van der Waals surface area contributed by atoms with E-state index in [1.807, 2.05) is 22.6 Å². The van der Waals surface area contributed by atoms with Crippen LogP contribution in [0.25, 0.3) is 0 Å². The summed E-state index contributed by atoms with van der Waals surface area (Å²) in [5.41, 5.74) is 0.818. The van der Waals surface area contributed by atoms with E-state index in [0.29, 0.717) is 16.3 Å². The van der Waals surface area contributed by atoms with E-state index >= 15 is 0 Å². The highest BCUT2D eigenvalue weighted by Crippen LogP contribution is 2.21. The third kappa shape index (κ3) is 3.58. The summed E-state index contributed by atoms with van der Waals surface area (Å²) in [6, 6.07) is 9.01. The van der Waals surface area contributed by atoms with Crippen LogP contribution in [0.4, 0.5) is 10.1 Å². The molecule has 1 amide bonds. The number of amides is 1. The average Bonchev–Trinajstić information content (AvgIpc) is 2.33. The molecule has 0 radical (unpaired) electrons. The Morgan fingerprint density at radius 3 is 2.53 bits per heavy atom. The van der Waals surface area contributed by atoms with E-state index in [1.54, 1.807) is 18.2 Å². The lowest BCUT2D eigenvalue weighted by molar-refractivity contribution is 0.102. The van der Waals surface area contributed by atoms with Gasteiger partial charge in [0, 0.05) is 14.3 Å². The highest BCUT2D eigenvalue weighted by atomic mass is 127. The number of carbonyl (C=O) groups excluding carboxylic acids is 1. The fraction of sp³-hybridized carbons (Fsp3) is 0. The van der Waals surface area contributed by atoms with Crippen LogP contribution in [0.3, 0.4) is 0 Å². The Labute approximate surface area is 133 Å². The Kier molecular flexibility index (Phi) is 4.65. The largest absolute Gasteiger partial charge is 0.322 e. The van der Waals surface area contributed by atoms with Gasteiger partial charge in [0.2, 0.25) is 0 Å². The Balaban J connectivity index is 2.23. The molecular weight excluding hydrogens is 403 g/mol. The van der Waals surface area contributed by atoms with E-state index in [1.165, 1.54) is 18.2 Å². The summed E-state index contributed by atoms with van der Waals surface area (Å²) >= 11 is 13.4. The fourth-order valence-electron chi connectivity index (χ4n) is 1.45. The van der Waals surface area contributed by atoms with Crippen molar-refractivity contribution in [1.29, 1.82) is 0 Å². The average molecular weight is 410 g/mol. The van der Waals surface area contributed by atoms with Gasteiger partial charge in [-0.15, -0.1) is 0 Å². The van der Waals surface area contributed by atoms with Crippen molar-refractivity contribution in [2.24, 2.45) is 0 Å². The first-order chi connectivity index (χ1) is 8.97. The predicted octanol–water partition coefficient (Wildman–Crippen LogP) is 4.99. The van der Waals surface area contributed by atoms with Crippen molar-refractivity contribution in [3.8, 4) is 0 Å². The van der Waals surface area contributed by atoms with Gasteiger partial charge in [-0.3, -0.25) is 4.79 Å². The predicted molar refractivity (Wildman–Crippen MR) is 83.5 cm³/mol. The summed E-state index contributed by atoms with van der Waals surface area (Å²) in [6.45, 7) is 0. The molecular formula is C13H7Cl2FINO. The van der Waals surface area contributed by atoms with Crippen molar-refractivity contribution in [2.45, 2.75) is 0 Å². The molecule has 2 aromatic rings. The molecule has 0 fully saturated rings. The van der Waals surface area contributed by atoms with Gasteiger partial charge in [0.15, 0.2) is 0 Å². The van der Waals surface area contributed by atoms with Gasteiger partial charge in [0.05, 0.1) is 10.6 Å². The van der Waals surface area contributed by atoms with Gasteiger partial charge in [0.25, 0.3) is 5.91 Å². The first-order valence-corrected chi connectivity index (χ1v) is 7.02. The van der Waals surface area contributed by atoms with Crippen molar-refractivity contribution in [2.75, 3.05) is 5.32 Å². The van der Waals surface area contributed by atoms with Crippen molar-refractivity contribution < 1.29 is 9.18 Å². The van der Waals surface area contributed by atoms with Gasteiger partial charge in [-0.25, -0.2) is 4.39 Å². The number of rotatable bonds is 2. The van der Waals surface area contributed by atoms with E-state index in [0.717, 1.165) is 3.57 Å². The minimum Gasteiger partial charge on any atom is -0.322 e. The maximum absolute atomic E-state index is 13.3. The molecule has 0 unspecified atom stereocenters. The van der Waals surface area contributed by atoms with E-state index in [9.17, 15) is 9.18 Å². The van der Waals surface area contributed by atoms with Crippen LogP contribution in [-0.4, -0.2) is 5.91 Å². The van der Waals surface area contributed by atoms with Crippen LogP contribution >= 0.6 is 45.8 Å². The lowest BCUT2D eigenvalue weighted by Gasteiger charge is -2.07. The molecule has 2 rings (SSSR count). The maximum atomic E-state index is 13.3. The number of hydrogen-bond donors (Lipinski definition) is 1. The van der Waals surface area contributed by atoms with Crippen LogP contribution in [0.15, 0.2) is 36.4 Å². The number of nitrogens with one attached hydrogen (secondary N) is 1. The zero-order chi connectivity index (χ0) is 14.0. The summed E-state index contributed by atoms with van der Waals surface area (Å²) < 4.78 is 14.0. The second-order valence-corrected chi connectivity index (χ2v) is 5.71. The molecule has 0 aromatic heterocycles. The van der Waals surface area contributed by atoms with Crippen molar-refractivity contribution in [3.05, 3.63) is 61.4 Å². The second kappa shape index (κ2) is 6.07. The number of hydrogen-bond acceptors (Lipinski definition) is 1. The lowest BCUT2D eigenvalue weighted by Crippen LogP contribution is -2.13. The van der Waals surface area contributed by atoms with Gasteiger partial charge >= 0.3 is 0 Å². The summed E-state index contributed by atoms with van der Waals surface area (Å²) in [5.74, 6) is -0.909. The van der Waals surface area contributed by atoms with Gasteiger partial charge in [0.1, 0.15) is 5.82 Å². The topological polar surface area (TPSA) is 29.1 Å². The number of halogens is 4. The molecule has 2 nitrogen and oxygen atoms in total. The quantitative estimate of drug-likeness (QED) is 0.695. The Hall–Kier alpha value is -0.850. The smallest absolute Gasteiger partial charge is 0.256 e. The second-order valence-electron chi connectivity index (χ2n) is 3.71. The molecule has 0 spiro atoms. The fourth-order valence-corrected chi connectivity index (χ4v) is 2.68. The van der Waals surface area contributed by atoms with E-state index < -0.39 is 5.82 Å². The highest BCUT2D eigenvalue weighted by Gasteiger charge is 2.11. The molecule has 2 aromatic carbocycles. The zero-order valence-electron chi connectivity index (χ0n) is 9.38. The monoisotopic (exact) mass is 409 g/mol. The first-order valence-electron chi connectivity index (χ1n) is 5.19. The molecule has 98 valence electrons. The van der Waals surface area contributed by atoms with Gasteiger partial charge in [-0.05, 0) is 59.0 Å². The number of carbonyl (C=O) groups is 1. The lowest BCUT2D eigenvalue weighted by atomic mass is 10.2.